The lowest BCUT2D eigenvalue weighted by Crippen LogP contribution is -2.32. The minimum atomic E-state index is -2.99. The second-order valence-corrected chi connectivity index (χ2v) is 9.34. The van der Waals surface area contributed by atoms with Crippen molar-refractivity contribution in [3.63, 3.8) is 0 Å². The Labute approximate surface area is 169 Å². The van der Waals surface area contributed by atoms with E-state index >= 15 is 0 Å². The number of hydrogen-bond donors (Lipinski definition) is 0. The van der Waals surface area contributed by atoms with E-state index in [9.17, 15) is 13.2 Å². The molecule has 0 N–H and O–H groups in total. The summed E-state index contributed by atoms with van der Waals surface area (Å²) in [6.07, 6.45) is 2.42. The van der Waals surface area contributed by atoms with Gasteiger partial charge >= 0.3 is 0 Å². The first-order chi connectivity index (χ1) is 13.5. The van der Waals surface area contributed by atoms with Gasteiger partial charge in [-0.1, -0.05) is 6.92 Å². The number of Topliss-reactive ketones (excluding diaryl/α,β-unsaturated/α-hetero) is 1. The molecule has 0 aromatic carbocycles. The van der Waals surface area contributed by atoms with E-state index in [2.05, 4.69) is 0 Å². The van der Waals surface area contributed by atoms with Gasteiger partial charge in [-0.2, -0.15) is 0 Å². The SMILES string of the molecule is CCS(=O)(=O)C1CCC(C(=O)COCCOCCOCCOCCOC)CC1. The molecule has 0 aliphatic heterocycles. The van der Waals surface area contributed by atoms with Crippen LogP contribution in [-0.4, -0.2) is 91.8 Å². The fraction of sp³-hybridized carbons (Fsp3) is 0.947. The van der Waals surface area contributed by atoms with Crippen molar-refractivity contribution in [2.24, 2.45) is 5.92 Å². The van der Waals surface area contributed by atoms with E-state index < -0.39 is 9.84 Å². The quantitative estimate of drug-likeness (QED) is 0.322. The summed E-state index contributed by atoms with van der Waals surface area (Å²) in [7, 11) is -1.36. The Bertz CT molecular complexity index is 500. The van der Waals surface area contributed by atoms with Gasteiger partial charge in [-0.25, -0.2) is 8.42 Å². The molecule has 0 unspecified atom stereocenters. The summed E-state index contributed by atoms with van der Waals surface area (Å²) in [6.45, 7) is 5.62. The van der Waals surface area contributed by atoms with Crippen molar-refractivity contribution < 1.29 is 36.9 Å². The Balaban J connectivity index is 1.93. The van der Waals surface area contributed by atoms with Crippen LogP contribution in [0.4, 0.5) is 0 Å². The van der Waals surface area contributed by atoms with Crippen LogP contribution in [-0.2, 0) is 38.3 Å². The number of rotatable bonds is 17. The van der Waals surface area contributed by atoms with Crippen LogP contribution in [0.2, 0.25) is 0 Å². The minimum absolute atomic E-state index is 0.0594. The maximum Gasteiger partial charge on any atom is 0.161 e. The summed E-state index contributed by atoms with van der Waals surface area (Å²) in [5.74, 6) is 0.153. The zero-order valence-corrected chi connectivity index (χ0v) is 18.0. The highest BCUT2D eigenvalue weighted by Crippen LogP contribution is 2.29. The highest BCUT2D eigenvalue weighted by Gasteiger charge is 2.32. The van der Waals surface area contributed by atoms with E-state index in [4.69, 9.17) is 23.7 Å². The topological polar surface area (TPSA) is 97.4 Å². The van der Waals surface area contributed by atoms with Crippen molar-refractivity contribution in [1.82, 2.24) is 0 Å². The number of carbonyl (C=O) groups is 1. The minimum Gasteiger partial charge on any atom is -0.382 e. The maximum atomic E-state index is 12.2. The number of methoxy groups -OCH3 is 1. The Morgan fingerprint density at radius 1 is 0.786 bits per heavy atom. The molecule has 0 bridgehead atoms. The number of ketones is 1. The monoisotopic (exact) mass is 424 g/mol. The van der Waals surface area contributed by atoms with Crippen LogP contribution in [0.15, 0.2) is 0 Å². The van der Waals surface area contributed by atoms with Gasteiger partial charge in [-0.15, -0.1) is 0 Å². The third kappa shape index (κ3) is 10.8. The molecule has 1 aliphatic carbocycles. The first kappa shape index (κ1) is 25.5. The van der Waals surface area contributed by atoms with E-state index in [1.165, 1.54) is 0 Å². The van der Waals surface area contributed by atoms with Gasteiger partial charge in [0.15, 0.2) is 15.6 Å². The third-order valence-corrected chi connectivity index (χ3v) is 7.12. The molecule has 8 nitrogen and oxygen atoms in total. The molecule has 166 valence electrons. The molecule has 0 amide bonds. The predicted molar refractivity (Wildman–Crippen MR) is 105 cm³/mol. The molecular weight excluding hydrogens is 388 g/mol. The van der Waals surface area contributed by atoms with E-state index in [1.54, 1.807) is 14.0 Å². The summed E-state index contributed by atoms with van der Waals surface area (Å²) < 4.78 is 50.0. The van der Waals surface area contributed by atoms with Crippen LogP contribution in [0.1, 0.15) is 32.6 Å². The van der Waals surface area contributed by atoms with Crippen molar-refractivity contribution in [3.8, 4) is 0 Å². The van der Waals surface area contributed by atoms with Crippen molar-refractivity contribution in [2.45, 2.75) is 37.9 Å². The molecule has 0 heterocycles. The first-order valence-corrected chi connectivity index (χ1v) is 11.8. The van der Waals surface area contributed by atoms with E-state index in [-0.39, 0.29) is 29.3 Å². The maximum absolute atomic E-state index is 12.2. The second kappa shape index (κ2) is 15.3. The van der Waals surface area contributed by atoms with Crippen LogP contribution in [0.5, 0.6) is 0 Å². The average molecular weight is 425 g/mol. The molecule has 9 heteroatoms. The van der Waals surface area contributed by atoms with Gasteiger partial charge in [0.2, 0.25) is 0 Å². The molecule has 0 saturated heterocycles. The highest BCUT2D eigenvalue weighted by atomic mass is 32.2. The summed E-state index contributed by atoms with van der Waals surface area (Å²) in [5, 5.41) is -0.282. The smallest absolute Gasteiger partial charge is 0.161 e. The zero-order valence-electron chi connectivity index (χ0n) is 17.2. The van der Waals surface area contributed by atoms with Gasteiger partial charge < -0.3 is 23.7 Å². The molecule has 0 aromatic rings. The fourth-order valence-corrected chi connectivity index (χ4v) is 4.53. The second-order valence-electron chi connectivity index (χ2n) is 6.77. The first-order valence-electron chi connectivity index (χ1n) is 10.1. The van der Waals surface area contributed by atoms with Crippen LogP contribution in [0.3, 0.4) is 0 Å². The Morgan fingerprint density at radius 2 is 1.25 bits per heavy atom. The lowest BCUT2D eigenvalue weighted by atomic mass is 9.86. The Kier molecular flexibility index (Phi) is 13.9. The van der Waals surface area contributed by atoms with Crippen LogP contribution in [0, 0.1) is 5.92 Å². The van der Waals surface area contributed by atoms with Crippen LogP contribution in [0.25, 0.3) is 0 Å². The number of hydrogen-bond acceptors (Lipinski definition) is 8. The summed E-state index contributed by atoms with van der Waals surface area (Å²) in [4.78, 5) is 12.2. The fourth-order valence-electron chi connectivity index (χ4n) is 3.07. The standard InChI is InChI=1S/C19H36O8S/c1-3-28(21,22)18-6-4-17(5-7-18)19(20)16-27-15-14-26-13-12-25-11-10-24-9-8-23-2/h17-18H,3-16H2,1-2H3. The summed E-state index contributed by atoms with van der Waals surface area (Å²) in [6, 6.07) is 0. The number of ether oxygens (including phenoxy) is 5. The Morgan fingerprint density at radius 3 is 1.71 bits per heavy atom. The van der Waals surface area contributed by atoms with Gasteiger partial charge in [0.05, 0.1) is 58.1 Å². The van der Waals surface area contributed by atoms with Crippen LogP contribution < -0.4 is 0 Å². The Hall–Kier alpha value is -0.580. The molecule has 0 spiro atoms. The summed E-state index contributed by atoms with van der Waals surface area (Å²) in [5.41, 5.74) is 0. The number of carbonyl (C=O) groups excluding carboxylic acids is 1. The van der Waals surface area contributed by atoms with E-state index in [0.717, 1.165) is 0 Å². The predicted octanol–water partition coefficient (Wildman–Crippen LogP) is 1.26. The molecular formula is C19H36O8S. The largest absolute Gasteiger partial charge is 0.382 e. The van der Waals surface area contributed by atoms with Crippen molar-refractivity contribution in [2.75, 3.05) is 72.3 Å². The van der Waals surface area contributed by atoms with E-state index in [1.807, 2.05) is 0 Å². The van der Waals surface area contributed by atoms with Crippen molar-refractivity contribution in [1.29, 1.82) is 0 Å². The van der Waals surface area contributed by atoms with Crippen molar-refractivity contribution in [3.05, 3.63) is 0 Å². The highest BCUT2D eigenvalue weighted by molar-refractivity contribution is 7.92. The molecule has 1 saturated carbocycles. The summed E-state index contributed by atoms with van der Waals surface area (Å²) >= 11 is 0. The molecule has 0 aromatic heterocycles. The molecule has 28 heavy (non-hydrogen) atoms. The third-order valence-electron chi connectivity index (χ3n) is 4.83. The lowest BCUT2D eigenvalue weighted by molar-refractivity contribution is -0.129. The average Bonchev–Trinajstić information content (AvgIpc) is 2.71. The van der Waals surface area contributed by atoms with E-state index in [0.29, 0.717) is 78.5 Å². The molecule has 1 rings (SSSR count). The van der Waals surface area contributed by atoms with Crippen molar-refractivity contribution >= 4 is 15.6 Å². The molecule has 1 aliphatic rings. The van der Waals surface area contributed by atoms with Gasteiger partial charge in [-0.3, -0.25) is 4.79 Å². The van der Waals surface area contributed by atoms with Gasteiger partial charge in [-0.05, 0) is 25.7 Å². The van der Waals surface area contributed by atoms with Gasteiger partial charge in [0.25, 0.3) is 0 Å². The van der Waals surface area contributed by atoms with Gasteiger partial charge in [0.1, 0.15) is 6.61 Å². The normalized spacial score (nSPS) is 20.4. The number of sulfone groups is 1. The molecule has 0 radical (unpaired) electrons. The van der Waals surface area contributed by atoms with Gasteiger partial charge in [0, 0.05) is 18.8 Å². The molecule has 0 atom stereocenters. The lowest BCUT2D eigenvalue weighted by Gasteiger charge is -2.27. The molecule has 1 fully saturated rings. The zero-order chi connectivity index (χ0) is 20.7. The van der Waals surface area contributed by atoms with Crippen LogP contribution >= 0.6 is 0 Å².